The van der Waals surface area contributed by atoms with Gasteiger partial charge in [0.2, 0.25) is 0 Å². The lowest BCUT2D eigenvalue weighted by atomic mass is 10.1. The van der Waals surface area contributed by atoms with Crippen LogP contribution in [0.25, 0.3) is 0 Å². The number of thioether (sulfide) groups is 1. The van der Waals surface area contributed by atoms with Crippen molar-refractivity contribution in [3.63, 3.8) is 0 Å². The van der Waals surface area contributed by atoms with Gasteiger partial charge in [0, 0.05) is 15.8 Å². The summed E-state index contributed by atoms with van der Waals surface area (Å²) in [6.07, 6.45) is 0.649. The number of carbonyl (C=O) groups excluding carboxylic acids is 1. The average Bonchev–Trinajstić information content (AvgIpc) is 2.80. The zero-order valence-corrected chi connectivity index (χ0v) is 13.1. The van der Waals surface area contributed by atoms with Gasteiger partial charge in [-0.05, 0) is 24.6 Å². The predicted molar refractivity (Wildman–Crippen MR) is 78.2 cm³/mol. The van der Waals surface area contributed by atoms with E-state index in [-0.39, 0.29) is 10.9 Å². The molecule has 108 valence electrons. The van der Waals surface area contributed by atoms with E-state index in [4.69, 9.17) is 0 Å². The molecule has 0 bridgehead atoms. The fourth-order valence-corrected chi connectivity index (χ4v) is 3.98. The van der Waals surface area contributed by atoms with Crippen molar-refractivity contribution in [1.29, 1.82) is 0 Å². The first-order chi connectivity index (χ1) is 9.43. The van der Waals surface area contributed by atoms with Crippen LogP contribution in [0.5, 0.6) is 0 Å². The van der Waals surface area contributed by atoms with Crippen LogP contribution < -0.4 is 0 Å². The highest BCUT2D eigenvalue weighted by Crippen LogP contribution is 2.33. The van der Waals surface area contributed by atoms with E-state index >= 15 is 0 Å². The second-order valence-electron chi connectivity index (χ2n) is 4.42. The van der Waals surface area contributed by atoms with Crippen molar-refractivity contribution in [3.8, 4) is 0 Å². The van der Waals surface area contributed by atoms with Gasteiger partial charge in [0.25, 0.3) is 5.91 Å². The Morgan fingerprint density at radius 2 is 2.20 bits per heavy atom. The molecule has 7 heteroatoms. The maximum Gasteiger partial charge on any atom is 0.327 e. The van der Waals surface area contributed by atoms with Gasteiger partial charge >= 0.3 is 5.97 Å². The summed E-state index contributed by atoms with van der Waals surface area (Å²) in [6, 6.07) is 3.02. The lowest BCUT2D eigenvalue weighted by molar-refractivity contribution is -0.141. The van der Waals surface area contributed by atoms with Crippen molar-refractivity contribution in [1.82, 2.24) is 4.90 Å². The number of benzene rings is 1. The molecule has 1 N–H and O–H groups in total. The Morgan fingerprint density at radius 1 is 1.50 bits per heavy atom. The minimum Gasteiger partial charge on any atom is -0.480 e. The van der Waals surface area contributed by atoms with Crippen molar-refractivity contribution >= 4 is 39.6 Å². The Labute approximate surface area is 128 Å². The Morgan fingerprint density at radius 3 is 2.75 bits per heavy atom. The molecular formula is C13H13BrFNO3S. The van der Waals surface area contributed by atoms with Crippen LogP contribution in [0, 0.1) is 5.82 Å². The number of halogens is 2. The highest BCUT2D eigenvalue weighted by Gasteiger charge is 2.41. The van der Waals surface area contributed by atoms with Gasteiger partial charge in [-0.1, -0.05) is 22.9 Å². The third kappa shape index (κ3) is 2.98. The first-order valence-corrected chi connectivity index (χ1v) is 7.91. The molecule has 2 rings (SSSR count). The summed E-state index contributed by atoms with van der Waals surface area (Å²) in [7, 11) is 0. The molecule has 0 radical (unpaired) electrons. The van der Waals surface area contributed by atoms with Crippen molar-refractivity contribution < 1.29 is 19.1 Å². The molecule has 1 aliphatic heterocycles. The average molecular weight is 362 g/mol. The third-order valence-corrected chi connectivity index (χ3v) is 4.98. The van der Waals surface area contributed by atoms with Gasteiger partial charge in [-0.25, -0.2) is 9.18 Å². The quantitative estimate of drug-likeness (QED) is 0.898. The van der Waals surface area contributed by atoms with Gasteiger partial charge in [-0.2, -0.15) is 0 Å². The Kier molecular flexibility index (Phi) is 4.70. The molecule has 0 spiro atoms. The molecular weight excluding hydrogens is 349 g/mol. The number of hydrogen-bond donors (Lipinski definition) is 1. The molecule has 1 amide bonds. The van der Waals surface area contributed by atoms with E-state index in [0.29, 0.717) is 16.6 Å². The van der Waals surface area contributed by atoms with Crippen LogP contribution in [0.3, 0.4) is 0 Å². The summed E-state index contributed by atoms with van der Waals surface area (Å²) in [5, 5.41) is 9.02. The normalized spacial score (nSPS) is 22.1. The summed E-state index contributed by atoms with van der Waals surface area (Å²) in [6.45, 7) is 1.89. The number of nitrogens with zero attached hydrogens (tertiary/aromatic N) is 1. The summed E-state index contributed by atoms with van der Waals surface area (Å²) < 4.78 is 13.8. The van der Waals surface area contributed by atoms with Gasteiger partial charge in [-0.15, -0.1) is 11.8 Å². The molecule has 1 aliphatic rings. The van der Waals surface area contributed by atoms with Crippen LogP contribution in [0.15, 0.2) is 22.7 Å². The van der Waals surface area contributed by atoms with E-state index in [0.717, 1.165) is 6.07 Å². The van der Waals surface area contributed by atoms with Gasteiger partial charge in [0.1, 0.15) is 11.9 Å². The third-order valence-electron chi connectivity index (χ3n) is 3.07. The van der Waals surface area contributed by atoms with E-state index in [9.17, 15) is 19.1 Å². The van der Waals surface area contributed by atoms with Crippen molar-refractivity contribution in [2.45, 2.75) is 24.8 Å². The number of rotatable bonds is 3. The topological polar surface area (TPSA) is 57.6 Å². The van der Waals surface area contributed by atoms with E-state index in [1.807, 2.05) is 6.92 Å². The highest BCUT2D eigenvalue weighted by molar-refractivity contribution is 9.10. The fourth-order valence-electron chi connectivity index (χ4n) is 2.17. The first kappa shape index (κ1) is 15.3. The van der Waals surface area contributed by atoms with E-state index in [2.05, 4.69) is 15.9 Å². The highest BCUT2D eigenvalue weighted by atomic mass is 79.9. The smallest absolute Gasteiger partial charge is 0.327 e. The molecule has 1 saturated heterocycles. The largest absolute Gasteiger partial charge is 0.480 e. The van der Waals surface area contributed by atoms with E-state index in [1.165, 1.54) is 28.8 Å². The zero-order chi connectivity index (χ0) is 14.9. The van der Waals surface area contributed by atoms with Crippen molar-refractivity contribution in [2.75, 3.05) is 5.75 Å². The Balaban J connectivity index is 2.35. The minimum absolute atomic E-state index is 0.157. The first-order valence-electron chi connectivity index (χ1n) is 6.07. The Hall–Kier alpha value is -1.08. The number of aliphatic carboxylic acids is 1. The molecule has 2 unspecified atom stereocenters. The number of hydrogen-bond acceptors (Lipinski definition) is 3. The number of amides is 1. The van der Waals surface area contributed by atoms with Crippen molar-refractivity contribution in [2.24, 2.45) is 0 Å². The zero-order valence-electron chi connectivity index (χ0n) is 10.7. The molecule has 1 aromatic carbocycles. The van der Waals surface area contributed by atoms with Crippen LogP contribution in [0.4, 0.5) is 4.39 Å². The molecule has 0 aromatic heterocycles. The molecule has 20 heavy (non-hydrogen) atoms. The van der Waals surface area contributed by atoms with Crippen LogP contribution in [-0.2, 0) is 4.79 Å². The molecule has 1 heterocycles. The maximum atomic E-state index is 13.4. The van der Waals surface area contributed by atoms with Gasteiger partial charge in [0.15, 0.2) is 0 Å². The molecule has 1 aromatic rings. The van der Waals surface area contributed by atoms with Crippen molar-refractivity contribution in [3.05, 3.63) is 34.1 Å². The van der Waals surface area contributed by atoms with Crippen LogP contribution >= 0.6 is 27.7 Å². The summed E-state index contributed by atoms with van der Waals surface area (Å²) in [5.74, 6) is -1.66. The Bertz CT molecular complexity index is 534. The van der Waals surface area contributed by atoms with E-state index in [1.54, 1.807) is 0 Å². The second kappa shape index (κ2) is 6.13. The molecule has 4 nitrogen and oxygen atoms in total. The molecule has 0 saturated carbocycles. The molecule has 2 atom stereocenters. The minimum atomic E-state index is -1.03. The monoisotopic (exact) mass is 361 g/mol. The van der Waals surface area contributed by atoms with Gasteiger partial charge < -0.3 is 10.0 Å². The van der Waals surface area contributed by atoms with Crippen LogP contribution in [0.1, 0.15) is 23.7 Å². The fraction of sp³-hybridized carbons (Fsp3) is 0.385. The van der Waals surface area contributed by atoms with E-state index < -0.39 is 23.7 Å². The standard InChI is InChI=1S/C13H13BrFNO3S/c1-2-11-16(10(6-20-11)13(18)19)12(17)7-3-8(14)5-9(15)4-7/h3-5,10-11H,2,6H2,1H3,(H,18,19). The summed E-state index contributed by atoms with van der Waals surface area (Å²) in [4.78, 5) is 25.1. The molecule has 1 fully saturated rings. The summed E-state index contributed by atoms with van der Waals surface area (Å²) in [5.41, 5.74) is 0.157. The lowest BCUT2D eigenvalue weighted by Gasteiger charge is -2.26. The van der Waals surface area contributed by atoms with Crippen LogP contribution in [-0.4, -0.2) is 39.1 Å². The van der Waals surface area contributed by atoms with Gasteiger partial charge in [0.05, 0.1) is 5.37 Å². The number of carboxylic acid groups (broad SMARTS) is 1. The van der Waals surface area contributed by atoms with Crippen LogP contribution in [0.2, 0.25) is 0 Å². The predicted octanol–water partition coefficient (Wildman–Crippen LogP) is 2.97. The lowest BCUT2D eigenvalue weighted by Crippen LogP contribution is -2.45. The second-order valence-corrected chi connectivity index (χ2v) is 6.55. The SMILES string of the molecule is CCC1SCC(C(=O)O)N1C(=O)c1cc(F)cc(Br)c1. The number of carboxylic acids is 1. The molecule has 0 aliphatic carbocycles. The summed E-state index contributed by atoms with van der Waals surface area (Å²) >= 11 is 4.57. The number of carbonyl (C=O) groups is 2. The maximum absolute atomic E-state index is 13.4. The van der Waals surface area contributed by atoms with Gasteiger partial charge in [-0.3, -0.25) is 4.79 Å².